The van der Waals surface area contributed by atoms with Crippen LogP contribution >= 0.6 is 0 Å². The fourth-order valence-corrected chi connectivity index (χ4v) is 3.90. The van der Waals surface area contributed by atoms with E-state index < -0.39 is 89.6 Å². The predicted molar refractivity (Wildman–Crippen MR) is 108 cm³/mol. The second kappa shape index (κ2) is 8.79. The van der Waals surface area contributed by atoms with Gasteiger partial charge in [-0.25, -0.2) is 0 Å². The minimum Gasteiger partial charge on any atom is -0.508 e. The molecule has 0 amide bonds. The van der Waals surface area contributed by atoms with Gasteiger partial charge < -0.3 is 60.2 Å². The summed E-state index contributed by atoms with van der Waals surface area (Å²) >= 11 is 0. The summed E-state index contributed by atoms with van der Waals surface area (Å²) in [6.07, 6.45) is -11.7. The number of fused-ring (bicyclic) bond motifs is 1. The van der Waals surface area contributed by atoms with Crippen LogP contribution in [0.1, 0.15) is 22.0 Å². The van der Waals surface area contributed by atoms with Crippen molar-refractivity contribution in [2.45, 2.75) is 42.9 Å². The smallest absolute Gasteiger partial charge is 0.203 e. The third-order valence-electron chi connectivity index (χ3n) is 5.65. The second-order valence-electron chi connectivity index (χ2n) is 7.90. The number of ketones is 1. The molecule has 2 aliphatic rings. The lowest BCUT2D eigenvalue weighted by Gasteiger charge is -2.42. The van der Waals surface area contributed by atoms with E-state index in [1.807, 2.05) is 0 Å². The van der Waals surface area contributed by atoms with E-state index in [2.05, 4.69) is 0 Å². The van der Waals surface area contributed by atoms with Crippen LogP contribution in [0.4, 0.5) is 0 Å². The van der Waals surface area contributed by atoms with E-state index in [-0.39, 0.29) is 11.3 Å². The Hall–Kier alpha value is -3.33. The third kappa shape index (κ3) is 3.94. The molecule has 2 aromatic carbocycles. The molecule has 0 spiro atoms. The molecule has 0 radical (unpaired) electrons. The van der Waals surface area contributed by atoms with E-state index in [1.165, 1.54) is 0 Å². The van der Waals surface area contributed by atoms with E-state index in [0.717, 1.165) is 24.3 Å². The minimum absolute atomic E-state index is 0.0933. The number of hydrogen-bond acceptors (Lipinski definition) is 13. The van der Waals surface area contributed by atoms with Crippen molar-refractivity contribution in [1.82, 2.24) is 0 Å². The second-order valence-corrected chi connectivity index (χ2v) is 7.90. The van der Waals surface area contributed by atoms with Gasteiger partial charge in [0.2, 0.25) is 5.78 Å². The van der Waals surface area contributed by atoms with Crippen molar-refractivity contribution in [2.75, 3.05) is 6.61 Å². The van der Waals surface area contributed by atoms with Gasteiger partial charge in [-0.1, -0.05) is 0 Å². The van der Waals surface area contributed by atoms with Gasteiger partial charge in [-0.05, 0) is 12.1 Å². The average molecular weight is 482 g/mol. The summed E-state index contributed by atoms with van der Waals surface area (Å²) in [5.74, 6) is -4.65. The molecule has 0 bridgehead atoms. The van der Waals surface area contributed by atoms with Gasteiger partial charge in [-0.2, -0.15) is 0 Å². The summed E-state index contributed by atoms with van der Waals surface area (Å²) in [4.78, 5) is 13.3. The number of benzene rings is 2. The van der Waals surface area contributed by atoms with Crippen LogP contribution in [0.2, 0.25) is 0 Å². The first-order valence-electron chi connectivity index (χ1n) is 10.0. The number of carbonyl (C=O) groups is 1. The van der Waals surface area contributed by atoms with Crippen molar-refractivity contribution in [2.24, 2.45) is 0 Å². The predicted octanol–water partition coefficient (Wildman–Crippen LogP) is -1.28. The zero-order chi connectivity index (χ0) is 24.9. The van der Waals surface area contributed by atoms with Crippen molar-refractivity contribution in [3.05, 3.63) is 35.4 Å². The Balaban J connectivity index is 1.77. The van der Waals surface area contributed by atoms with Gasteiger partial charge in [0, 0.05) is 17.7 Å². The molecule has 2 aromatic rings. The normalized spacial score (nSPS) is 31.1. The fraction of sp³-hybridized carbons (Fsp3) is 0.381. The molecule has 0 aromatic heterocycles. The first kappa shape index (κ1) is 23.8. The molecule has 13 heteroatoms. The number of rotatable bonds is 4. The van der Waals surface area contributed by atoms with Crippen LogP contribution in [-0.4, -0.2) is 95.2 Å². The summed E-state index contributed by atoms with van der Waals surface area (Å²) in [7, 11) is 0. The lowest BCUT2D eigenvalue weighted by molar-refractivity contribution is -0.311. The Morgan fingerprint density at radius 2 is 1.50 bits per heavy atom. The quantitative estimate of drug-likeness (QED) is 0.232. The topological polar surface area (TPSA) is 227 Å². The number of Topliss-reactive ketones (excluding diaryl/α,β-unsaturated/α-hetero) is 1. The Kier molecular flexibility index (Phi) is 6.16. The van der Waals surface area contributed by atoms with E-state index in [4.69, 9.17) is 14.2 Å². The van der Waals surface area contributed by atoms with Crippen LogP contribution in [0.15, 0.2) is 24.3 Å². The highest BCUT2D eigenvalue weighted by molar-refractivity contribution is 6.05. The first-order chi connectivity index (χ1) is 16.0. The molecule has 0 aliphatic carbocycles. The summed E-state index contributed by atoms with van der Waals surface area (Å²) < 4.78 is 16.6. The van der Waals surface area contributed by atoms with Gasteiger partial charge in [-0.15, -0.1) is 0 Å². The average Bonchev–Trinajstić information content (AvgIpc) is 2.78. The van der Waals surface area contributed by atoms with Gasteiger partial charge in [0.1, 0.15) is 47.2 Å². The molecule has 2 aliphatic heterocycles. The molecule has 4 rings (SSSR count). The van der Waals surface area contributed by atoms with Crippen LogP contribution < -0.4 is 4.74 Å². The van der Waals surface area contributed by atoms with E-state index >= 15 is 0 Å². The Bertz CT molecular complexity index is 1080. The molecule has 0 saturated carbocycles. The number of aliphatic hydroxyl groups is 4. The summed E-state index contributed by atoms with van der Waals surface area (Å²) in [6, 6.07) is 3.84. The number of carbonyl (C=O) groups excluding carboxylic acids is 1. The van der Waals surface area contributed by atoms with Crippen molar-refractivity contribution in [1.29, 1.82) is 0 Å². The molecule has 2 heterocycles. The van der Waals surface area contributed by atoms with Crippen LogP contribution in [0.3, 0.4) is 0 Å². The van der Waals surface area contributed by atoms with Gasteiger partial charge in [-0.3, -0.25) is 4.79 Å². The molecule has 1 saturated heterocycles. The van der Waals surface area contributed by atoms with E-state index in [1.54, 1.807) is 0 Å². The van der Waals surface area contributed by atoms with Crippen molar-refractivity contribution in [3.63, 3.8) is 0 Å². The Labute approximate surface area is 190 Å². The molecular formula is C21H22O13. The van der Waals surface area contributed by atoms with E-state index in [0.29, 0.717) is 0 Å². The molecule has 1 fully saturated rings. The number of aromatic hydroxyl groups is 5. The molecule has 9 N–H and O–H groups in total. The highest BCUT2D eigenvalue weighted by Gasteiger charge is 2.49. The zero-order valence-corrected chi connectivity index (χ0v) is 17.2. The van der Waals surface area contributed by atoms with E-state index in [9.17, 15) is 50.8 Å². The van der Waals surface area contributed by atoms with Crippen LogP contribution in [0.5, 0.6) is 34.5 Å². The zero-order valence-electron chi connectivity index (χ0n) is 17.2. The van der Waals surface area contributed by atoms with Crippen LogP contribution in [-0.2, 0) is 9.47 Å². The van der Waals surface area contributed by atoms with Gasteiger partial charge in [0.25, 0.3) is 0 Å². The van der Waals surface area contributed by atoms with Gasteiger partial charge >= 0.3 is 0 Å². The molecule has 2 unspecified atom stereocenters. The lowest BCUT2D eigenvalue weighted by Crippen LogP contribution is -2.60. The molecule has 13 nitrogen and oxygen atoms in total. The number of ether oxygens (including phenoxy) is 3. The van der Waals surface area contributed by atoms with Gasteiger partial charge in [0.15, 0.2) is 35.7 Å². The monoisotopic (exact) mass is 482 g/mol. The van der Waals surface area contributed by atoms with Crippen molar-refractivity contribution < 1.29 is 65.0 Å². The van der Waals surface area contributed by atoms with Crippen molar-refractivity contribution in [3.8, 4) is 34.5 Å². The number of phenolic OH excluding ortho intramolecular Hbond substituents is 5. The van der Waals surface area contributed by atoms with Crippen LogP contribution in [0.25, 0.3) is 0 Å². The largest absolute Gasteiger partial charge is 0.508 e. The fourth-order valence-electron chi connectivity index (χ4n) is 3.90. The Morgan fingerprint density at radius 3 is 2.12 bits per heavy atom. The molecule has 184 valence electrons. The first-order valence-corrected chi connectivity index (χ1v) is 10.0. The number of phenols is 5. The highest BCUT2D eigenvalue weighted by Crippen LogP contribution is 2.46. The van der Waals surface area contributed by atoms with Gasteiger partial charge in [0.05, 0.1) is 6.61 Å². The molecule has 34 heavy (non-hydrogen) atoms. The highest BCUT2D eigenvalue weighted by atomic mass is 16.7. The summed E-state index contributed by atoms with van der Waals surface area (Å²) in [5.41, 5.74) is -0.486. The maximum Gasteiger partial charge on any atom is 0.203 e. The van der Waals surface area contributed by atoms with Crippen molar-refractivity contribution >= 4 is 5.78 Å². The Morgan fingerprint density at radius 1 is 0.853 bits per heavy atom. The number of hydrogen-bond donors (Lipinski definition) is 9. The summed E-state index contributed by atoms with van der Waals surface area (Å²) in [5, 5.41) is 89.2. The number of aliphatic hydroxyl groups excluding tert-OH is 4. The minimum atomic E-state index is -1.87. The molecule has 7 atom stereocenters. The third-order valence-corrected chi connectivity index (χ3v) is 5.65. The molecular weight excluding hydrogens is 460 g/mol. The summed E-state index contributed by atoms with van der Waals surface area (Å²) in [6.45, 7) is -0.758. The standard InChI is InChI=1S/C21H22O13/c22-5-12-15(28)17(30)18(31)21(33-12)34-20-16(29)13-8(24)3-7(23)4-11(13)32-19(20)6-1-9(25)14(27)10(26)2-6/h1-4,12,15,17-28,30-31H,5H2/t12-,15-,17+,18-,19?,20?,21+/m1/s1. The van der Waals surface area contributed by atoms with Crippen LogP contribution in [0, 0.1) is 0 Å². The lowest BCUT2D eigenvalue weighted by atomic mass is 9.91. The maximum atomic E-state index is 13.3. The SMILES string of the molecule is O=C1c2c(O)cc(O)cc2OC(c2cc(O)c(O)c(O)c2)C1O[C@@H]1O[C@H](CO)[C@@H](O)[C@H](O)[C@H]1O. The maximum absolute atomic E-state index is 13.3.